The molecule has 0 aliphatic heterocycles. The highest BCUT2D eigenvalue weighted by Gasteiger charge is 2.09. The maximum atomic E-state index is 12.1. The van der Waals surface area contributed by atoms with Crippen LogP contribution in [0.5, 0.6) is 11.5 Å². The number of aromatic nitrogens is 3. The molecule has 7 heteroatoms. The van der Waals surface area contributed by atoms with Gasteiger partial charge >= 0.3 is 0 Å². The molecule has 3 rings (SSSR count). The molecule has 0 radical (unpaired) electrons. The van der Waals surface area contributed by atoms with E-state index in [2.05, 4.69) is 15.3 Å². The zero-order chi connectivity index (χ0) is 17.8. The molecule has 1 aromatic carbocycles. The molecule has 0 saturated heterocycles. The van der Waals surface area contributed by atoms with Gasteiger partial charge in [0.2, 0.25) is 5.95 Å². The lowest BCUT2D eigenvalue weighted by Crippen LogP contribution is -2.20. The van der Waals surface area contributed by atoms with Gasteiger partial charge in [0.05, 0.1) is 14.2 Å². The van der Waals surface area contributed by atoms with Crippen molar-refractivity contribution in [1.82, 2.24) is 14.5 Å². The minimum Gasteiger partial charge on any atom is -0.493 e. The number of aryl methyl sites for hydroxylation is 1. The summed E-state index contributed by atoms with van der Waals surface area (Å²) in [7, 11) is 3.17. The van der Waals surface area contributed by atoms with Crippen LogP contribution in [0.15, 0.2) is 41.3 Å². The van der Waals surface area contributed by atoms with Crippen molar-refractivity contribution in [3.8, 4) is 11.5 Å². The molecule has 0 aliphatic rings. The van der Waals surface area contributed by atoms with Gasteiger partial charge in [-0.2, -0.15) is 4.98 Å². The van der Waals surface area contributed by atoms with E-state index in [1.165, 1.54) is 0 Å². The Bertz CT molecular complexity index is 953. The minimum absolute atomic E-state index is 0.0647. The summed E-state index contributed by atoms with van der Waals surface area (Å²) in [6.45, 7) is 2.64. The summed E-state index contributed by atoms with van der Waals surface area (Å²) >= 11 is 0. The van der Waals surface area contributed by atoms with E-state index in [0.717, 1.165) is 17.5 Å². The van der Waals surface area contributed by atoms with Crippen LogP contribution in [0.25, 0.3) is 11.0 Å². The predicted molar refractivity (Wildman–Crippen MR) is 96.9 cm³/mol. The van der Waals surface area contributed by atoms with Crippen LogP contribution in [0.3, 0.4) is 0 Å². The number of benzene rings is 1. The summed E-state index contributed by atoms with van der Waals surface area (Å²) in [5.41, 5.74) is 1.31. The molecule has 0 amide bonds. The Hall–Kier alpha value is -3.09. The van der Waals surface area contributed by atoms with Gasteiger partial charge in [-0.05, 0) is 24.6 Å². The van der Waals surface area contributed by atoms with E-state index >= 15 is 0 Å². The van der Waals surface area contributed by atoms with Crippen molar-refractivity contribution in [3.63, 3.8) is 0 Å². The molecule has 0 atom stereocenters. The topological polar surface area (TPSA) is 78.3 Å². The van der Waals surface area contributed by atoms with Crippen LogP contribution >= 0.6 is 0 Å². The molecule has 2 aromatic heterocycles. The van der Waals surface area contributed by atoms with Gasteiger partial charge in [-0.1, -0.05) is 6.92 Å². The summed E-state index contributed by atoms with van der Waals surface area (Å²) in [4.78, 5) is 20.9. The SMILES string of the molecule is CCCn1c(=O)ccc2cnc(Nc3ccc(OC)c(OC)c3)nc21. The number of anilines is 2. The summed E-state index contributed by atoms with van der Waals surface area (Å²) in [5.74, 6) is 1.66. The lowest BCUT2D eigenvalue weighted by molar-refractivity contribution is 0.355. The second-order valence-electron chi connectivity index (χ2n) is 5.49. The molecule has 7 nitrogen and oxygen atoms in total. The highest BCUT2D eigenvalue weighted by Crippen LogP contribution is 2.30. The Balaban J connectivity index is 1.99. The van der Waals surface area contributed by atoms with E-state index in [1.807, 2.05) is 13.0 Å². The van der Waals surface area contributed by atoms with Gasteiger partial charge in [-0.3, -0.25) is 9.36 Å². The van der Waals surface area contributed by atoms with Crippen LogP contribution in [0.4, 0.5) is 11.6 Å². The number of nitrogens with zero attached hydrogens (tertiary/aromatic N) is 3. The second kappa shape index (κ2) is 7.21. The third-order valence-corrected chi connectivity index (χ3v) is 3.81. The molecular weight excluding hydrogens is 320 g/mol. The first kappa shape index (κ1) is 16.8. The van der Waals surface area contributed by atoms with Crippen molar-refractivity contribution in [1.29, 1.82) is 0 Å². The Kier molecular flexibility index (Phi) is 4.83. The summed E-state index contributed by atoms with van der Waals surface area (Å²) in [6.07, 6.45) is 2.55. The van der Waals surface area contributed by atoms with Gasteiger partial charge in [0.15, 0.2) is 11.5 Å². The van der Waals surface area contributed by atoms with Crippen LogP contribution < -0.4 is 20.3 Å². The fraction of sp³-hybridized carbons (Fsp3) is 0.278. The first-order valence-corrected chi connectivity index (χ1v) is 8.02. The Morgan fingerprint density at radius 2 is 1.92 bits per heavy atom. The monoisotopic (exact) mass is 340 g/mol. The van der Waals surface area contributed by atoms with Crippen molar-refractivity contribution >= 4 is 22.7 Å². The lowest BCUT2D eigenvalue weighted by atomic mass is 10.2. The van der Waals surface area contributed by atoms with Crippen molar-refractivity contribution in [2.45, 2.75) is 19.9 Å². The lowest BCUT2D eigenvalue weighted by Gasteiger charge is -2.12. The zero-order valence-electron chi connectivity index (χ0n) is 14.4. The Morgan fingerprint density at radius 1 is 1.12 bits per heavy atom. The van der Waals surface area contributed by atoms with Gasteiger partial charge in [-0.25, -0.2) is 4.98 Å². The number of methoxy groups -OCH3 is 2. The third kappa shape index (κ3) is 3.40. The minimum atomic E-state index is -0.0647. The molecule has 25 heavy (non-hydrogen) atoms. The highest BCUT2D eigenvalue weighted by molar-refractivity contribution is 5.75. The summed E-state index contributed by atoms with van der Waals surface area (Å²) in [5, 5.41) is 3.96. The molecule has 130 valence electrons. The number of fused-ring (bicyclic) bond motifs is 1. The summed E-state index contributed by atoms with van der Waals surface area (Å²) in [6, 6.07) is 8.73. The molecule has 0 fully saturated rings. The third-order valence-electron chi connectivity index (χ3n) is 3.81. The highest BCUT2D eigenvalue weighted by atomic mass is 16.5. The van der Waals surface area contributed by atoms with Crippen LogP contribution in [0.1, 0.15) is 13.3 Å². The quantitative estimate of drug-likeness (QED) is 0.743. The summed E-state index contributed by atoms with van der Waals surface area (Å²) < 4.78 is 12.2. The number of ether oxygens (including phenoxy) is 2. The molecule has 3 aromatic rings. The van der Waals surface area contributed by atoms with Crippen molar-refractivity contribution in [2.24, 2.45) is 0 Å². The first-order chi connectivity index (χ1) is 12.2. The number of nitrogens with one attached hydrogen (secondary N) is 1. The van der Waals surface area contributed by atoms with E-state index in [0.29, 0.717) is 29.6 Å². The largest absolute Gasteiger partial charge is 0.493 e. The van der Waals surface area contributed by atoms with E-state index in [9.17, 15) is 4.79 Å². The van der Waals surface area contributed by atoms with Gasteiger partial charge in [0.25, 0.3) is 5.56 Å². The molecule has 2 heterocycles. The Labute approximate surface area is 145 Å². The smallest absolute Gasteiger partial charge is 0.252 e. The van der Waals surface area contributed by atoms with Crippen molar-refractivity contribution in [2.75, 3.05) is 19.5 Å². The molecule has 0 saturated carbocycles. The van der Waals surface area contributed by atoms with E-state index in [1.54, 1.807) is 49.2 Å². The number of rotatable bonds is 6. The van der Waals surface area contributed by atoms with E-state index < -0.39 is 0 Å². The Morgan fingerprint density at radius 3 is 2.64 bits per heavy atom. The number of pyridine rings is 1. The van der Waals surface area contributed by atoms with Gasteiger partial charge < -0.3 is 14.8 Å². The number of hydrogen-bond acceptors (Lipinski definition) is 6. The molecular formula is C18H20N4O3. The van der Waals surface area contributed by atoms with Crippen LogP contribution in [-0.4, -0.2) is 28.8 Å². The fourth-order valence-electron chi connectivity index (χ4n) is 2.61. The van der Waals surface area contributed by atoms with E-state index in [-0.39, 0.29) is 5.56 Å². The normalized spacial score (nSPS) is 10.7. The van der Waals surface area contributed by atoms with Gasteiger partial charge in [0, 0.05) is 35.9 Å². The van der Waals surface area contributed by atoms with Crippen molar-refractivity contribution < 1.29 is 9.47 Å². The average Bonchev–Trinajstić information content (AvgIpc) is 2.64. The van der Waals surface area contributed by atoms with Crippen LogP contribution in [0, 0.1) is 0 Å². The van der Waals surface area contributed by atoms with Gasteiger partial charge in [0.1, 0.15) is 5.65 Å². The molecule has 0 bridgehead atoms. The van der Waals surface area contributed by atoms with Gasteiger partial charge in [-0.15, -0.1) is 0 Å². The van der Waals surface area contributed by atoms with Crippen LogP contribution in [0.2, 0.25) is 0 Å². The fourth-order valence-corrected chi connectivity index (χ4v) is 2.61. The molecule has 1 N–H and O–H groups in total. The molecule has 0 unspecified atom stereocenters. The zero-order valence-corrected chi connectivity index (χ0v) is 14.4. The van der Waals surface area contributed by atoms with Crippen molar-refractivity contribution in [3.05, 3.63) is 46.9 Å². The molecule has 0 spiro atoms. The molecule has 0 aliphatic carbocycles. The predicted octanol–water partition coefficient (Wildman–Crippen LogP) is 2.96. The standard InChI is InChI=1S/C18H20N4O3/c1-4-9-22-16(23)8-5-12-11-19-18(21-17(12)22)20-13-6-7-14(24-2)15(10-13)25-3/h5-8,10-11H,4,9H2,1-3H3,(H,19,20,21). The maximum Gasteiger partial charge on any atom is 0.252 e. The maximum absolute atomic E-state index is 12.1. The van der Waals surface area contributed by atoms with Crippen LogP contribution in [-0.2, 0) is 6.54 Å². The number of hydrogen-bond donors (Lipinski definition) is 1. The second-order valence-corrected chi connectivity index (χ2v) is 5.49. The average molecular weight is 340 g/mol. The van der Waals surface area contributed by atoms with E-state index in [4.69, 9.17) is 9.47 Å². The first-order valence-electron chi connectivity index (χ1n) is 8.02.